The van der Waals surface area contributed by atoms with E-state index in [1.807, 2.05) is 6.07 Å². The van der Waals surface area contributed by atoms with Gasteiger partial charge in [0.2, 0.25) is 0 Å². The number of aromatic amines is 1. The fraction of sp³-hybridized carbons (Fsp3) is 0.500. The van der Waals surface area contributed by atoms with Crippen LogP contribution in [0.4, 0.5) is 4.39 Å². The Morgan fingerprint density at radius 2 is 2.00 bits per heavy atom. The maximum Gasteiger partial charge on any atom is 0.165 e. The summed E-state index contributed by atoms with van der Waals surface area (Å²) in [5.41, 5.74) is 1.25. The number of fused-ring (bicyclic) bond motifs is 1. The molecule has 0 saturated heterocycles. The second-order valence-corrected chi connectivity index (χ2v) is 6.19. The average Bonchev–Trinajstić information content (AvgIpc) is 2.80. The Kier molecular flexibility index (Phi) is 3.14. The van der Waals surface area contributed by atoms with Crippen LogP contribution in [0.5, 0.6) is 0 Å². The fourth-order valence-corrected chi connectivity index (χ4v) is 3.08. The minimum absolute atomic E-state index is 0.265. The van der Waals surface area contributed by atoms with Crippen molar-refractivity contribution in [1.29, 1.82) is 0 Å². The summed E-state index contributed by atoms with van der Waals surface area (Å²) in [5, 5.41) is 0. The van der Waals surface area contributed by atoms with Gasteiger partial charge in [-0.25, -0.2) is 9.37 Å². The predicted octanol–water partition coefficient (Wildman–Crippen LogP) is 4.76. The number of imidazole rings is 1. The van der Waals surface area contributed by atoms with E-state index in [2.05, 4.69) is 32.8 Å². The van der Waals surface area contributed by atoms with Crippen LogP contribution in [0.25, 0.3) is 11.0 Å². The Morgan fingerprint density at radius 1 is 1.28 bits per heavy atom. The topological polar surface area (TPSA) is 28.7 Å². The SMILES string of the molecule is CC1CCC(c2nc3c(F)c(Br)ccc3[nH]2)CC1. The van der Waals surface area contributed by atoms with Gasteiger partial charge in [-0.2, -0.15) is 0 Å². The van der Waals surface area contributed by atoms with Gasteiger partial charge in [0, 0.05) is 5.92 Å². The van der Waals surface area contributed by atoms with Gasteiger partial charge in [-0.1, -0.05) is 19.8 Å². The van der Waals surface area contributed by atoms with Crippen LogP contribution in [0, 0.1) is 11.7 Å². The molecule has 4 heteroatoms. The molecule has 0 amide bonds. The van der Waals surface area contributed by atoms with Gasteiger partial charge in [0.15, 0.2) is 5.82 Å². The van der Waals surface area contributed by atoms with Gasteiger partial charge < -0.3 is 4.98 Å². The molecule has 0 spiro atoms. The highest BCUT2D eigenvalue weighted by atomic mass is 79.9. The van der Waals surface area contributed by atoms with Crippen molar-refractivity contribution in [2.75, 3.05) is 0 Å². The molecule has 3 rings (SSSR count). The molecule has 1 fully saturated rings. The zero-order valence-corrected chi connectivity index (χ0v) is 11.9. The first kappa shape index (κ1) is 12.2. The summed E-state index contributed by atoms with van der Waals surface area (Å²) < 4.78 is 14.4. The van der Waals surface area contributed by atoms with E-state index >= 15 is 0 Å². The molecule has 18 heavy (non-hydrogen) atoms. The Balaban J connectivity index is 1.96. The number of nitrogens with zero attached hydrogens (tertiary/aromatic N) is 1. The molecule has 1 aromatic heterocycles. The van der Waals surface area contributed by atoms with E-state index in [1.54, 1.807) is 6.07 Å². The molecule has 2 aromatic rings. The lowest BCUT2D eigenvalue weighted by Crippen LogP contribution is -2.11. The molecule has 1 aliphatic rings. The van der Waals surface area contributed by atoms with Gasteiger partial charge in [0.05, 0.1) is 9.99 Å². The van der Waals surface area contributed by atoms with Crippen LogP contribution >= 0.6 is 15.9 Å². The Hall–Kier alpha value is -0.900. The lowest BCUT2D eigenvalue weighted by Gasteiger charge is -2.24. The smallest absolute Gasteiger partial charge is 0.165 e. The Labute approximate surface area is 114 Å². The highest BCUT2D eigenvalue weighted by Crippen LogP contribution is 2.35. The molecule has 1 saturated carbocycles. The highest BCUT2D eigenvalue weighted by molar-refractivity contribution is 9.10. The number of H-pyrrole nitrogens is 1. The molecule has 1 aromatic carbocycles. The number of hydrogen-bond donors (Lipinski definition) is 1. The molecule has 0 unspecified atom stereocenters. The number of nitrogens with one attached hydrogen (secondary N) is 1. The third kappa shape index (κ3) is 2.07. The number of hydrogen-bond acceptors (Lipinski definition) is 1. The number of halogens is 2. The van der Waals surface area contributed by atoms with Crippen LogP contribution in [0.3, 0.4) is 0 Å². The van der Waals surface area contributed by atoms with E-state index in [1.165, 1.54) is 12.8 Å². The van der Waals surface area contributed by atoms with E-state index in [0.29, 0.717) is 15.9 Å². The van der Waals surface area contributed by atoms with Crippen LogP contribution in [0.1, 0.15) is 44.3 Å². The molecule has 0 radical (unpaired) electrons. The van der Waals surface area contributed by atoms with Crippen molar-refractivity contribution in [3.05, 3.63) is 28.2 Å². The lowest BCUT2D eigenvalue weighted by atomic mass is 9.83. The van der Waals surface area contributed by atoms with Gasteiger partial charge in [-0.05, 0) is 46.8 Å². The van der Waals surface area contributed by atoms with Crippen LogP contribution in [0.2, 0.25) is 0 Å². The standard InChI is InChI=1S/C14H16BrFN2/c1-8-2-4-9(5-3-8)14-17-11-7-6-10(15)12(16)13(11)18-14/h6-9H,2-5H2,1H3,(H,17,18). The van der Waals surface area contributed by atoms with E-state index in [4.69, 9.17) is 0 Å². The predicted molar refractivity (Wildman–Crippen MR) is 74.1 cm³/mol. The second kappa shape index (κ2) is 4.65. The van der Waals surface area contributed by atoms with E-state index in [-0.39, 0.29) is 5.82 Å². The minimum Gasteiger partial charge on any atom is -0.342 e. The first-order valence-corrected chi connectivity index (χ1v) is 7.28. The largest absolute Gasteiger partial charge is 0.342 e. The Bertz CT molecular complexity index is 570. The zero-order chi connectivity index (χ0) is 12.7. The molecule has 2 nitrogen and oxygen atoms in total. The summed E-state index contributed by atoms with van der Waals surface area (Å²) in [6.07, 6.45) is 4.80. The first-order valence-electron chi connectivity index (χ1n) is 6.48. The molecule has 0 bridgehead atoms. The second-order valence-electron chi connectivity index (χ2n) is 5.34. The number of rotatable bonds is 1. The van der Waals surface area contributed by atoms with E-state index in [9.17, 15) is 4.39 Å². The average molecular weight is 311 g/mol. The Morgan fingerprint density at radius 3 is 2.72 bits per heavy atom. The molecule has 0 atom stereocenters. The molecule has 1 heterocycles. The van der Waals surface area contributed by atoms with Crippen molar-refractivity contribution in [1.82, 2.24) is 9.97 Å². The van der Waals surface area contributed by atoms with Crippen molar-refractivity contribution in [2.24, 2.45) is 5.92 Å². The quantitative estimate of drug-likeness (QED) is 0.808. The van der Waals surface area contributed by atoms with Crippen LogP contribution in [0.15, 0.2) is 16.6 Å². The van der Waals surface area contributed by atoms with Gasteiger partial charge >= 0.3 is 0 Å². The normalized spacial score (nSPS) is 24.6. The summed E-state index contributed by atoms with van der Waals surface area (Å²) in [6, 6.07) is 3.60. The van der Waals surface area contributed by atoms with Gasteiger partial charge in [-0.3, -0.25) is 0 Å². The molecule has 1 aliphatic carbocycles. The maximum absolute atomic E-state index is 13.9. The lowest BCUT2D eigenvalue weighted by molar-refractivity contribution is 0.341. The molecule has 1 N–H and O–H groups in total. The van der Waals surface area contributed by atoms with Crippen molar-refractivity contribution >= 4 is 27.0 Å². The van der Waals surface area contributed by atoms with Gasteiger partial charge in [0.25, 0.3) is 0 Å². The molecule has 0 aliphatic heterocycles. The summed E-state index contributed by atoms with van der Waals surface area (Å²) in [7, 11) is 0. The number of benzene rings is 1. The summed E-state index contributed by atoms with van der Waals surface area (Å²) in [6.45, 7) is 2.30. The van der Waals surface area contributed by atoms with Crippen molar-refractivity contribution in [3.63, 3.8) is 0 Å². The highest BCUT2D eigenvalue weighted by Gasteiger charge is 2.23. The van der Waals surface area contributed by atoms with Crippen LogP contribution < -0.4 is 0 Å². The van der Waals surface area contributed by atoms with Crippen molar-refractivity contribution < 1.29 is 4.39 Å². The van der Waals surface area contributed by atoms with Crippen molar-refractivity contribution in [2.45, 2.75) is 38.5 Å². The van der Waals surface area contributed by atoms with Crippen LogP contribution in [-0.4, -0.2) is 9.97 Å². The summed E-state index contributed by atoms with van der Waals surface area (Å²) in [5.74, 6) is 1.97. The van der Waals surface area contributed by atoms with E-state index < -0.39 is 0 Å². The molecular formula is C14H16BrFN2. The maximum atomic E-state index is 13.9. The number of aromatic nitrogens is 2. The molecular weight excluding hydrogens is 295 g/mol. The van der Waals surface area contributed by atoms with Gasteiger partial charge in [0.1, 0.15) is 11.3 Å². The third-order valence-electron chi connectivity index (χ3n) is 3.97. The van der Waals surface area contributed by atoms with E-state index in [0.717, 1.165) is 30.1 Å². The van der Waals surface area contributed by atoms with Crippen LogP contribution in [-0.2, 0) is 0 Å². The van der Waals surface area contributed by atoms with Gasteiger partial charge in [-0.15, -0.1) is 0 Å². The third-order valence-corrected chi connectivity index (χ3v) is 4.58. The zero-order valence-electron chi connectivity index (χ0n) is 10.3. The molecule has 96 valence electrons. The minimum atomic E-state index is -0.265. The summed E-state index contributed by atoms with van der Waals surface area (Å²) in [4.78, 5) is 7.74. The fourth-order valence-electron chi connectivity index (χ4n) is 2.76. The summed E-state index contributed by atoms with van der Waals surface area (Å²) >= 11 is 3.20. The monoisotopic (exact) mass is 310 g/mol. The first-order chi connectivity index (χ1) is 8.65. The van der Waals surface area contributed by atoms with Crippen molar-refractivity contribution in [3.8, 4) is 0 Å².